The van der Waals surface area contributed by atoms with E-state index in [1.165, 1.54) is 16.3 Å². The van der Waals surface area contributed by atoms with Gasteiger partial charge in [0.1, 0.15) is 0 Å². The molecule has 0 atom stereocenters. The number of hydrogen-bond acceptors (Lipinski definition) is 2. The summed E-state index contributed by atoms with van der Waals surface area (Å²) in [5, 5.41) is 6.12. The Morgan fingerprint density at radius 2 is 1.76 bits per heavy atom. The third-order valence-corrected chi connectivity index (χ3v) is 3.01. The van der Waals surface area contributed by atoms with Crippen molar-refractivity contribution in [2.24, 2.45) is 5.73 Å². The van der Waals surface area contributed by atoms with Crippen LogP contribution in [0.4, 0.5) is 0 Å². The highest BCUT2D eigenvalue weighted by molar-refractivity contribution is 5.85. The minimum atomic E-state index is 0.765. The van der Waals surface area contributed by atoms with E-state index in [2.05, 4.69) is 47.8 Å². The summed E-state index contributed by atoms with van der Waals surface area (Å²) in [7, 11) is 0. The molecule has 0 radical (unpaired) electrons. The van der Waals surface area contributed by atoms with Gasteiger partial charge in [-0.1, -0.05) is 42.5 Å². The summed E-state index contributed by atoms with van der Waals surface area (Å²) in [5.41, 5.74) is 6.88. The van der Waals surface area contributed by atoms with E-state index in [4.69, 9.17) is 5.73 Å². The summed E-state index contributed by atoms with van der Waals surface area (Å²) in [6, 6.07) is 15.1. The molecule has 0 fully saturated rings. The zero-order chi connectivity index (χ0) is 11.9. The number of nitrogens with two attached hydrogens (primary N) is 1. The van der Waals surface area contributed by atoms with Crippen molar-refractivity contribution >= 4 is 10.8 Å². The summed E-state index contributed by atoms with van der Waals surface area (Å²) in [6.07, 6.45) is 2.13. The second-order valence-corrected chi connectivity index (χ2v) is 4.28. The summed E-state index contributed by atoms with van der Waals surface area (Å²) < 4.78 is 0. The first-order chi connectivity index (χ1) is 8.42. The van der Waals surface area contributed by atoms with Crippen LogP contribution < -0.4 is 11.1 Å². The molecule has 0 saturated heterocycles. The van der Waals surface area contributed by atoms with Crippen molar-refractivity contribution in [1.29, 1.82) is 0 Å². The standard InChI is InChI=1S/C15H20N2/c16-10-4-11-17-12-9-14-7-3-6-13-5-1-2-8-15(13)14/h1-3,5-8,17H,4,9-12,16H2. The van der Waals surface area contributed by atoms with Crippen molar-refractivity contribution in [3.8, 4) is 0 Å². The molecule has 0 amide bonds. The van der Waals surface area contributed by atoms with Gasteiger partial charge >= 0.3 is 0 Å². The van der Waals surface area contributed by atoms with Crippen LogP contribution in [-0.2, 0) is 6.42 Å². The Balaban J connectivity index is 1.98. The van der Waals surface area contributed by atoms with Gasteiger partial charge in [0, 0.05) is 0 Å². The molecule has 0 aromatic heterocycles. The largest absolute Gasteiger partial charge is 0.330 e. The van der Waals surface area contributed by atoms with Gasteiger partial charge in [-0.05, 0) is 48.8 Å². The van der Waals surface area contributed by atoms with E-state index in [1.807, 2.05) is 0 Å². The SMILES string of the molecule is NCCCNCCc1cccc2ccccc12. The molecule has 0 bridgehead atoms. The number of hydrogen-bond donors (Lipinski definition) is 2. The van der Waals surface area contributed by atoms with Crippen LogP contribution in [0.25, 0.3) is 10.8 Å². The molecule has 2 rings (SSSR count). The molecule has 90 valence electrons. The molecule has 2 aromatic carbocycles. The van der Waals surface area contributed by atoms with Gasteiger partial charge in [0.05, 0.1) is 0 Å². The second kappa shape index (κ2) is 6.38. The first kappa shape index (κ1) is 12.1. The smallest absolute Gasteiger partial charge is 0.000812 e. The quantitative estimate of drug-likeness (QED) is 0.745. The van der Waals surface area contributed by atoms with Crippen LogP contribution in [0.3, 0.4) is 0 Å². The first-order valence-corrected chi connectivity index (χ1v) is 6.29. The van der Waals surface area contributed by atoms with Crippen molar-refractivity contribution in [3.05, 3.63) is 48.0 Å². The highest BCUT2D eigenvalue weighted by Crippen LogP contribution is 2.18. The average Bonchev–Trinajstić information content (AvgIpc) is 2.39. The van der Waals surface area contributed by atoms with E-state index in [0.29, 0.717) is 0 Å². The van der Waals surface area contributed by atoms with Crippen LogP contribution in [0.5, 0.6) is 0 Å². The van der Waals surface area contributed by atoms with Crippen molar-refractivity contribution < 1.29 is 0 Å². The van der Waals surface area contributed by atoms with Crippen molar-refractivity contribution in [1.82, 2.24) is 5.32 Å². The monoisotopic (exact) mass is 228 g/mol. The van der Waals surface area contributed by atoms with Gasteiger partial charge in [-0.25, -0.2) is 0 Å². The van der Waals surface area contributed by atoms with Gasteiger partial charge in [-0.2, -0.15) is 0 Å². The summed E-state index contributed by atoms with van der Waals surface area (Å²) in [5.74, 6) is 0. The van der Waals surface area contributed by atoms with Crippen LogP contribution in [0.2, 0.25) is 0 Å². The second-order valence-electron chi connectivity index (χ2n) is 4.28. The molecular formula is C15H20N2. The van der Waals surface area contributed by atoms with Crippen LogP contribution in [-0.4, -0.2) is 19.6 Å². The third kappa shape index (κ3) is 3.29. The Morgan fingerprint density at radius 3 is 2.65 bits per heavy atom. The minimum Gasteiger partial charge on any atom is -0.330 e. The molecule has 0 aliphatic rings. The van der Waals surface area contributed by atoms with E-state index in [0.717, 1.165) is 32.5 Å². The summed E-state index contributed by atoms with van der Waals surface area (Å²) in [6.45, 7) is 2.80. The maximum Gasteiger partial charge on any atom is -0.000812 e. The van der Waals surface area contributed by atoms with E-state index in [9.17, 15) is 0 Å². The minimum absolute atomic E-state index is 0.765. The molecule has 17 heavy (non-hydrogen) atoms. The van der Waals surface area contributed by atoms with Gasteiger partial charge in [-0.15, -0.1) is 0 Å². The molecule has 3 N–H and O–H groups in total. The highest BCUT2D eigenvalue weighted by atomic mass is 14.8. The van der Waals surface area contributed by atoms with Gasteiger partial charge < -0.3 is 11.1 Å². The van der Waals surface area contributed by atoms with E-state index in [-0.39, 0.29) is 0 Å². The van der Waals surface area contributed by atoms with Gasteiger partial charge in [0.25, 0.3) is 0 Å². The van der Waals surface area contributed by atoms with Gasteiger partial charge in [0.2, 0.25) is 0 Å². The maximum atomic E-state index is 5.46. The molecule has 0 aliphatic heterocycles. The fourth-order valence-corrected chi connectivity index (χ4v) is 2.09. The number of rotatable bonds is 6. The summed E-state index contributed by atoms with van der Waals surface area (Å²) in [4.78, 5) is 0. The lowest BCUT2D eigenvalue weighted by Crippen LogP contribution is -2.20. The molecule has 0 saturated carbocycles. The Morgan fingerprint density at radius 1 is 0.941 bits per heavy atom. The molecule has 0 spiro atoms. The lowest BCUT2D eigenvalue weighted by Gasteiger charge is -2.07. The fourth-order valence-electron chi connectivity index (χ4n) is 2.09. The molecule has 0 unspecified atom stereocenters. The molecular weight excluding hydrogens is 208 g/mol. The van der Waals surface area contributed by atoms with E-state index in [1.54, 1.807) is 0 Å². The van der Waals surface area contributed by atoms with Crippen LogP contribution in [0.1, 0.15) is 12.0 Å². The Labute approximate surface area is 103 Å². The maximum absolute atomic E-state index is 5.46. The van der Waals surface area contributed by atoms with Crippen LogP contribution in [0, 0.1) is 0 Å². The lowest BCUT2D eigenvalue weighted by molar-refractivity contribution is 0.654. The first-order valence-electron chi connectivity index (χ1n) is 6.29. The van der Waals surface area contributed by atoms with Crippen molar-refractivity contribution in [2.75, 3.05) is 19.6 Å². The zero-order valence-electron chi connectivity index (χ0n) is 10.2. The van der Waals surface area contributed by atoms with Crippen LogP contribution in [0.15, 0.2) is 42.5 Å². The Hall–Kier alpha value is -1.38. The van der Waals surface area contributed by atoms with Crippen molar-refractivity contribution in [2.45, 2.75) is 12.8 Å². The predicted octanol–water partition coefficient (Wildman–Crippen LogP) is 2.32. The molecule has 2 heteroatoms. The zero-order valence-corrected chi connectivity index (χ0v) is 10.2. The fraction of sp³-hybridized carbons (Fsp3) is 0.333. The third-order valence-electron chi connectivity index (χ3n) is 3.01. The highest BCUT2D eigenvalue weighted by Gasteiger charge is 1.99. The number of benzene rings is 2. The average molecular weight is 228 g/mol. The lowest BCUT2D eigenvalue weighted by atomic mass is 10.0. The van der Waals surface area contributed by atoms with E-state index >= 15 is 0 Å². The molecule has 0 heterocycles. The van der Waals surface area contributed by atoms with Gasteiger partial charge in [0.15, 0.2) is 0 Å². The van der Waals surface area contributed by atoms with Crippen LogP contribution >= 0.6 is 0 Å². The van der Waals surface area contributed by atoms with Gasteiger partial charge in [-0.3, -0.25) is 0 Å². The Bertz CT molecular complexity index is 460. The predicted molar refractivity (Wildman–Crippen MR) is 74.2 cm³/mol. The molecule has 2 aromatic rings. The van der Waals surface area contributed by atoms with E-state index < -0.39 is 0 Å². The normalized spacial score (nSPS) is 10.9. The number of nitrogens with one attached hydrogen (secondary N) is 1. The topological polar surface area (TPSA) is 38.0 Å². The molecule has 2 nitrogen and oxygen atoms in total. The number of fused-ring (bicyclic) bond motifs is 1. The summed E-state index contributed by atoms with van der Waals surface area (Å²) >= 11 is 0. The Kier molecular flexibility index (Phi) is 4.54. The van der Waals surface area contributed by atoms with Crippen molar-refractivity contribution in [3.63, 3.8) is 0 Å². The molecule has 0 aliphatic carbocycles.